The summed E-state index contributed by atoms with van der Waals surface area (Å²) >= 11 is 1.14. The van der Waals surface area contributed by atoms with Gasteiger partial charge in [0, 0.05) is 5.38 Å². The molecule has 2 N–H and O–H groups in total. The van der Waals surface area contributed by atoms with E-state index in [4.69, 9.17) is 10.2 Å². The van der Waals surface area contributed by atoms with E-state index in [2.05, 4.69) is 5.38 Å². The van der Waals surface area contributed by atoms with Crippen LogP contribution in [0.4, 0.5) is 0 Å². The molecule has 0 aromatic carbocycles. The van der Waals surface area contributed by atoms with Crippen LogP contribution in [0, 0.1) is 5.38 Å². The molecular formula is C4H3O2S. The molecule has 1 radical (unpaired) electrons. The number of aromatic hydroxyl groups is 2. The molecule has 0 bridgehead atoms. The van der Waals surface area contributed by atoms with Crippen LogP contribution >= 0.6 is 11.3 Å². The van der Waals surface area contributed by atoms with Gasteiger partial charge in [-0.3, -0.25) is 0 Å². The maximum atomic E-state index is 8.49. The highest BCUT2D eigenvalue weighted by atomic mass is 32.1. The zero-order valence-electron chi connectivity index (χ0n) is 3.38. The summed E-state index contributed by atoms with van der Waals surface area (Å²) in [6.45, 7) is 0. The van der Waals surface area contributed by atoms with Crippen molar-refractivity contribution in [2.24, 2.45) is 0 Å². The molecule has 0 unspecified atom stereocenters. The monoisotopic (exact) mass is 115 g/mol. The first kappa shape index (κ1) is 4.46. The van der Waals surface area contributed by atoms with Crippen molar-refractivity contribution in [1.82, 2.24) is 0 Å². The first-order valence-electron chi connectivity index (χ1n) is 1.68. The van der Waals surface area contributed by atoms with Crippen LogP contribution in [0.5, 0.6) is 11.5 Å². The number of rotatable bonds is 0. The highest BCUT2D eigenvalue weighted by Gasteiger charge is 1.94. The Morgan fingerprint density at radius 3 is 2.43 bits per heavy atom. The van der Waals surface area contributed by atoms with Crippen LogP contribution in [0.2, 0.25) is 0 Å². The minimum absolute atomic E-state index is 0.0926. The van der Waals surface area contributed by atoms with Crippen molar-refractivity contribution in [2.45, 2.75) is 0 Å². The van der Waals surface area contributed by atoms with Crippen molar-refractivity contribution in [3.05, 3.63) is 10.8 Å². The first-order chi connectivity index (χ1) is 3.30. The van der Waals surface area contributed by atoms with Gasteiger partial charge < -0.3 is 10.2 Å². The van der Waals surface area contributed by atoms with Crippen molar-refractivity contribution in [2.75, 3.05) is 0 Å². The van der Waals surface area contributed by atoms with Gasteiger partial charge in [0.15, 0.2) is 11.5 Å². The predicted molar refractivity (Wildman–Crippen MR) is 26.5 cm³/mol. The smallest absolute Gasteiger partial charge is 0.177 e. The summed E-state index contributed by atoms with van der Waals surface area (Å²) in [5.74, 6) is -0.255. The predicted octanol–water partition coefficient (Wildman–Crippen LogP) is 0.959. The lowest BCUT2D eigenvalue weighted by Gasteiger charge is -1.78. The maximum absolute atomic E-state index is 8.49. The minimum Gasteiger partial charge on any atom is -0.504 e. The van der Waals surface area contributed by atoms with Gasteiger partial charge in [0.05, 0.1) is 5.38 Å². The average Bonchev–Trinajstić information content (AvgIpc) is 1.91. The Balaban J connectivity index is 3.12. The lowest BCUT2D eigenvalue weighted by Crippen LogP contribution is -1.50. The molecule has 1 rings (SSSR count). The normalized spacial score (nSPS) is 9.14. The number of thiophene rings is 1. The molecule has 37 valence electrons. The molecule has 0 spiro atoms. The average molecular weight is 115 g/mol. The summed E-state index contributed by atoms with van der Waals surface area (Å²) in [4.78, 5) is 0. The Morgan fingerprint density at radius 2 is 2.29 bits per heavy atom. The van der Waals surface area contributed by atoms with Gasteiger partial charge in [-0.05, 0) is 0 Å². The van der Waals surface area contributed by atoms with Crippen molar-refractivity contribution in [1.29, 1.82) is 0 Å². The van der Waals surface area contributed by atoms with E-state index in [0.29, 0.717) is 0 Å². The standard InChI is InChI=1S/C4H3O2S/c5-3-1-7-2-4(3)6/h1,5-6H. The Labute approximate surface area is 44.7 Å². The summed E-state index contributed by atoms with van der Waals surface area (Å²) in [7, 11) is 0. The zero-order chi connectivity index (χ0) is 5.28. The molecule has 0 amide bonds. The highest BCUT2D eigenvalue weighted by Crippen LogP contribution is 2.26. The molecule has 1 aromatic heterocycles. The molecule has 0 aliphatic carbocycles. The van der Waals surface area contributed by atoms with Gasteiger partial charge in [-0.2, -0.15) is 0 Å². The topological polar surface area (TPSA) is 40.5 Å². The summed E-state index contributed by atoms with van der Waals surface area (Å²) in [5.41, 5.74) is 0. The second-order valence-corrected chi connectivity index (χ2v) is 1.75. The molecular weight excluding hydrogens is 112 g/mol. The highest BCUT2D eigenvalue weighted by molar-refractivity contribution is 7.07. The molecule has 0 aliphatic heterocycles. The maximum Gasteiger partial charge on any atom is 0.177 e. The molecule has 1 aromatic rings. The first-order valence-corrected chi connectivity index (χ1v) is 2.56. The van der Waals surface area contributed by atoms with Crippen molar-refractivity contribution in [3.63, 3.8) is 0 Å². The van der Waals surface area contributed by atoms with Gasteiger partial charge in [0.1, 0.15) is 0 Å². The van der Waals surface area contributed by atoms with E-state index in [1.807, 2.05) is 0 Å². The summed E-state index contributed by atoms with van der Waals surface area (Å²) in [6.07, 6.45) is 0. The van der Waals surface area contributed by atoms with E-state index in [1.165, 1.54) is 5.38 Å². The van der Waals surface area contributed by atoms with Gasteiger partial charge in [-0.15, -0.1) is 11.3 Å². The summed E-state index contributed by atoms with van der Waals surface area (Å²) < 4.78 is 0. The van der Waals surface area contributed by atoms with Gasteiger partial charge in [-0.1, -0.05) is 0 Å². The minimum atomic E-state index is -0.162. The van der Waals surface area contributed by atoms with Crippen molar-refractivity contribution in [3.8, 4) is 11.5 Å². The van der Waals surface area contributed by atoms with Crippen molar-refractivity contribution < 1.29 is 10.2 Å². The van der Waals surface area contributed by atoms with E-state index in [1.54, 1.807) is 0 Å². The van der Waals surface area contributed by atoms with Crippen molar-refractivity contribution >= 4 is 11.3 Å². The Hall–Kier alpha value is -0.700. The van der Waals surface area contributed by atoms with E-state index in [-0.39, 0.29) is 11.5 Å². The molecule has 3 heteroatoms. The van der Waals surface area contributed by atoms with Crippen LogP contribution in [0.15, 0.2) is 5.38 Å². The fraction of sp³-hybridized carbons (Fsp3) is 0. The van der Waals surface area contributed by atoms with Crippen LogP contribution in [0.1, 0.15) is 0 Å². The third-order valence-corrected chi connectivity index (χ3v) is 1.22. The summed E-state index contributed by atoms with van der Waals surface area (Å²) in [5, 5.41) is 20.8. The summed E-state index contributed by atoms with van der Waals surface area (Å²) in [6, 6.07) is 0. The molecule has 0 saturated carbocycles. The number of hydrogen-bond donors (Lipinski definition) is 2. The molecule has 7 heavy (non-hydrogen) atoms. The van der Waals surface area contributed by atoms with Gasteiger partial charge in [0.2, 0.25) is 0 Å². The Morgan fingerprint density at radius 1 is 1.57 bits per heavy atom. The molecule has 0 aliphatic rings. The van der Waals surface area contributed by atoms with Crippen LogP contribution in [-0.4, -0.2) is 10.2 Å². The lowest BCUT2D eigenvalue weighted by atomic mass is 10.6. The fourth-order valence-corrected chi connectivity index (χ4v) is 0.748. The van der Waals surface area contributed by atoms with E-state index >= 15 is 0 Å². The second-order valence-electron chi connectivity index (χ2n) is 1.07. The van der Waals surface area contributed by atoms with Gasteiger partial charge >= 0.3 is 0 Å². The lowest BCUT2D eigenvalue weighted by molar-refractivity contribution is 0.407. The second kappa shape index (κ2) is 1.42. The quantitative estimate of drug-likeness (QED) is 0.528. The fourth-order valence-electron chi connectivity index (χ4n) is 0.249. The van der Waals surface area contributed by atoms with Crippen LogP contribution in [0.3, 0.4) is 0 Å². The molecule has 0 atom stereocenters. The van der Waals surface area contributed by atoms with E-state index in [9.17, 15) is 0 Å². The van der Waals surface area contributed by atoms with Crippen LogP contribution in [0.25, 0.3) is 0 Å². The van der Waals surface area contributed by atoms with E-state index < -0.39 is 0 Å². The molecule has 0 saturated heterocycles. The Bertz CT molecular complexity index is 142. The number of hydrogen-bond acceptors (Lipinski definition) is 3. The largest absolute Gasteiger partial charge is 0.504 e. The third kappa shape index (κ3) is 0.667. The molecule has 0 fully saturated rings. The third-order valence-electron chi connectivity index (χ3n) is 0.569. The molecule has 2 nitrogen and oxygen atoms in total. The van der Waals surface area contributed by atoms with Gasteiger partial charge in [-0.25, -0.2) is 0 Å². The van der Waals surface area contributed by atoms with Gasteiger partial charge in [0.25, 0.3) is 0 Å². The molecule has 1 heterocycles. The zero-order valence-corrected chi connectivity index (χ0v) is 4.20. The van der Waals surface area contributed by atoms with E-state index in [0.717, 1.165) is 11.3 Å². The van der Waals surface area contributed by atoms with Crippen LogP contribution < -0.4 is 0 Å². The van der Waals surface area contributed by atoms with Crippen LogP contribution in [-0.2, 0) is 0 Å². The Kier molecular flexibility index (Phi) is 0.906. The SMILES string of the molecule is Oc1[c]scc1O.